The summed E-state index contributed by atoms with van der Waals surface area (Å²) in [6, 6.07) is 25.9. The summed E-state index contributed by atoms with van der Waals surface area (Å²) in [6.07, 6.45) is 1.47. The predicted octanol–water partition coefficient (Wildman–Crippen LogP) is 5.58. The summed E-state index contributed by atoms with van der Waals surface area (Å²) >= 11 is 0. The molecule has 3 aromatic carbocycles. The van der Waals surface area contributed by atoms with Gasteiger partial charge in [-0.15, -0.1) is 0 Å². The van der Waals surface area contributed by atoms with Crippen molar-refractivity contribution in [2.45, 2.75) is 39.0 Å². The first-order valence-corrected chi connectivity index (χ1v) is 15.3. The lowest BCUT2D eigenvalue weighted by Gasteiger charge is -2.20. The number of amides is 1. The number of hydrogen-bond acceptors (Lipinski definition) is 7. The molecule has 0 fully saturated rings. The van der Waals surface area contributed by atoms with Crippen molar-refractivity contribution >= 4 is 33.7 Å². The average molecular weight is 595 g/mol. The van der Waals surface area contributed by atoms with Gasteiger partial charge >= 0.3 is 0 Å². The largest absolute Gasteiger partial charge is 0.382 e. The molecule has 230 valence electrons. The van der Waals surface area contributed by atoms with Crippen molar-refractivity contribution in [1.82, 2.24) is 24.8 Å². The van der Waals surface area contributed by atoms with E-state index >= 15 is 0 Å². The number of nitrogens with one attached hydrogen (secondary N) is 1. The van der Waals surface area contributed by atoms with Crippen LogP contribution in [0.15, 0.2) is 78.9 Å². The Morgan fingerprint density at radius 2 is 1.68 bits per heavy atom. The number of imidazole rings is 1. The van der Waals surface area contributed by atoms with Gasteiger partial charge in [0.05, 0.1) is 17.6 Å². The number of para-hydroxylation sites is 1. The SMILES string of the molecule is CCOCc1nc2c(N)nc3ccccc3c2n1CCCCNC(=O)c1ccc(C(OCCN(C)C)c2ccccc2)cc1. The maximum absolute atomic E-state index is 13.0. The van der Waals surface area contributed by atoms with Gasteiger partial charge in [0.15, 0.2) is 5.82 Å². The Labute approximate surface area is 259 Å². The van der Waals surface area contributed by atoms with Crippen LogP contribution in [0, 0.1) is 0 Å². The number of fused-ring (bicyclic) bond motifs is 3. The second-order valence-corrected chi connectivity index (χ2v) is 11.1. The van der Waals surface area contributed by atoms with Crippen LogP contribution in [0.5, 0.6) is 0 Å². The number of likely N-dealkylation sites (N-methyl/N-ethyl adjacent to an activating group) is 1. The van der Waals surface area contributed by atoms with Crippen LogP contribution in [-0.4, -0.2) is 65.7 Å². The van der Waals surface area contributed by atoms with Gasteiger partial charge in [-0.1, -0.05) is 60.7 Å². The summed E-state index contributed by atoms with van der Waals surface area (Å²) in [5.74, 6) is 1.16. The van der Waals surface area contributed by atoms with Gasteiger partial charge in [0.25, 0.3) is 5.91 Å². The Balaban J connectivity index is 1.20. The van der Waals surface area contributed by atoms with Gasteiger partial charge in [-0.2, -0.15) is 0 Å². The van der Waals surface area contributed by atoms with Crippen LogP contribution in [0.25, 0.3) is 21.9 Å². The Morgan fingerprint density at radius 3 is 2.43 bits per heavy atom. The van der Waals surface area contributed by atoms with Crippen LogP contribution < -0.4 is 11.1 Å². The van der Waals surface area contributed by atoms with E-state index in [4.69, 9.17) is 20.2 Å². The highest BCUT2D eigenvalue weighted by atomic mass is 16.5. The summed E-state index contributed by atoms with van der Waals surface area (Å²) in [7, 11) is 4.06. The molecule has 0 saturated carbocycles. The number of unbranched alkanes of at least 4 members (excludes halogenated alkanes) is 1. The third-order valence-corrected chi connectivity index (χ3v) is 7.62. The van der Waals surface area contributed by atoms with Gasteiger partial charge < -0.3 is 30.0 Å². The minimum Gasteiger partial charge on any atom is -0.382 e. The van der Waals surface area contributed by atoms with Crippen molar-refractivity contribution in [3.63, 3.8) is 0 Å². The molecule has 0 bridgehead atoms. The monoisotopic (exact) mass is 594 g/mol. The maximum atomic E-state index is 13.0. The lowest BCUT2D eigenvalue weighted by Crippen LogP contribution is -2.24. The van der Waals surface area contributed by atoms with E-state index in [1.807, 2.05) is 81.7 Å². The smallest absolute Gasteiger partial charge is 0.251 e. The molecule has 0 aliphatic rings. The highest BCUT2D eigenvalue weighted by Gasteiger charge is 2.18. The molecule has 1 unspecified atom stereocenters. The van der Waals surface area contributed by atoms with E-state index in [1.54, 1.807) is 0 Å². The molecular formula is C35H42N6O3. The standard InChI is InChI=1S/C35H42N6O3/c1-4-43-24-30-39-31-32(28-14-8-9-15-29(28)38-34(31)36)41(30)21-11-10-20-37-35(42)27-18-16-26(17-19-27)33(44-23-22-40(2)3)25-12-6-5-7-13-25/h5-9,12-19,33H,4,10-11,20-24H2,1-3H3,(H2,36,38)(H,37,42). The van der Waals surface area contributed by atoms with Gasteiger partial charge in [-0.05, 0) is 63.2 Å². The summed E-state index contributed by atoms with van der Waals surface area (Å²) in [6.45, 7) is 5.70. The lowest BCUT2D eigenvalue weighted by molar-refractivity contribution is 0.0687. The number of nitrogens with zero attached hydrogens (tertiary/aromatic N) is 4. The maximum Gasteiger partial charge on any atom is 0.251 e. The fourth-order valence-corrected chi connectivity index (χ4v) is 5.32. The van der Waals surface area contributed by atoms with Crippen LogP contribution in [0.4, 0.5) is 5.82 Å². The highest BCUT2D eigenvalue weighted by molar-refractivity contribution is 6.06. The number of pyridine rings is 1. The molecule has 0 aliphatic carbocycles. The molecule has 0 spiro atoms. The second-order valence-electron chi connectivity index (χ2n) is 11.1. The van der Waals surface area contributed by atoms with Crippen molar-refractivity contribution < 1.29 is 14.3 Å². The van der Waals surface area contributed by atoms with Crippen molar-refractivity contribution in [1.29, 1.82) is 0 Å². The van der Waals surface area contributed by atoms with Gasteiger partial charge in [-0.25, -0.2) is 9.97 Å². The van der Waals surface area contributed by atoms with E-state index in [2.05, 4.69) is 38.0 Å². The third kappa shape index (κ3) is 7.42. The zero-order chi connectivity index (χ0) is 30.9. The van der Waals surface area contributed by atoms with Crippen LogP contribution in [0.3, 0.4) is 0 Å². The van der Waals surface area contributed by atoms with E-state index in [1.165, 1.54) is 0 Å². The molecule has 5 aromatic rings. The summed E-state index contributed by atoms with van der Waals surface area (Å²) in [5.41, 5.74) is 11.6. The average Bonchev–Trinajstić information content (AvgIpc) is 3.41. The molecule has 3 N–H and O–H groups in total. The number of carbonyl (C=O) groups excluding carboxylic acids is 1. The first-order valence-electron chi connectivity index (χ1n) is 15.3. The molecule has 1 atom stereocenters. The predicted molar refractivity (Wildman–Crippen MR) is 176 cm³/mol. The van der Waals surface area contributed by atoms with Crippen LogP contribution in [-0.2, 0) is 22.6 Å². The van der Waals surface area contributed by atoms with Gasteiger partial charge in [0, 0.05) is 37.2 Å². The van der Waals surface area contributed by atoms with Gasteiger partial charge in [0.1, 0.15) is 24.1 Å². The Kier molecular flexibility index (Phi) is 10.6. The topological polar surface area (TPSA) is 108 Å². The summed E-state index contributed by atoms with van der Waals surface area (Å²) in [4.78, 5) is 24.4. The van der Waals surface area contributed by atoms with E-state index in [9.17, 15) is 4.79 Å². The van der Waals surface area contributed by atoms with Crippen molar-refractivity contribution in [3.8, 4) is 0 Å². The Morgan fingerprint density at radius 1 is 0.955 bits per heavy atom. The number of nitrogens with two attached hydrogens (primary N) is 1. The van der Waals surface area contributed by atoms with Gasteiger partial charge in [-0.3, -0.25) is 4.79 Å². The van der Waals surface area contributed by atoms with Crippen LogP contribution in [0.2, 0.25) is 0 Å². The Hall–Kier alpha value is -4.31. The second kappa shape index (κ2) is 14.9. The minimum absolute atomic E-state index is 0.0868. The number of benzene rings is 3. The molecule has 2 aromatic heterocycles. The molecule has 0 radical (unpaired) electrons. The number of carbonyl (C=O) groups is 1. The number of anilines is 1. The number of ether oxygens (including phenoxy) is 2. The fourth-order valence-electron chi connectivity index (χ4n) is 5.32. The molecule has 9 nitrogen and oxygen atoms in total. The molecule has 1 amide bonds. The summed E-state index contributed by atoms with van der Waals surface area (Å²) < 4.78 is 14.2. The molecular weight excluding hydrogens is 552 g/mol. The van der Waals surface area contributed by atoms with Crippen molar-refractivity contribution in [2.24, 2.45) is 0 Å². The zero-order valence-corrected chi connectivity index (χ0v) is 25.8. The lowest BCUT2D eigenvalue weighted by atomic mass is 10.00. The molecule has 2 heterocycles. The normalized spacial score (nSPS) is 12.3. The highest BCUT2D eigenvalue weighted by Crippen LogP contribution is 2.30. The number of nitrogen functional groups attached to an aromatic ring is 1. The van der Waals surface area contributed by atoms with Crippen LogP contribution >= 0.6 is 0 Å². The molecule has 44 heavy (non-hydrogen) atoms. The molecule has 0 saturated heterocycles. The fraction of sp³-hybridized carbons (Fsp3) is 0.343. The van der Waals surface area contributed by atoms with Gasteiger partial charge in [0.2, 0.25) is 0 Å². The van der Waals surface area contributed by atoms with E-state index in [0.29, 0.717) is 43.3 Å². The first kappa shape index (κ1) is 31.1. The molecule has 9 heteroatoms. The van der Waals surface area contributed by atoms with Crippen molar-refractivity contribution in [3.05, 3.63) is 101 Å². The first-order chi connectivity index (χ1) is 21.5. The quantitative estimate of drug-likeness (QED) is 0.152. The van der Waals surface area contributed by atoms with Crippen LogP contribution in [0.1, 0.15) is 53.2 Å². The molecule has 5 rings (SSSR count). The molecule has 0 aliphatic heterocycles. The third-order valence-electron chi connectivity index (χ3n) is 7.62. The van der Waals surface area contributed by atoms with E-state index in [0.717, 1.165) is 59.3 Å². The number of aromatic nitrogens is 3. The summed E-state index contributed by atoms with van der Waals surface area (Å²) in [5, 5.41) is 4.09. The number of aryl methyl sites for hydroxylation is 1. The number of hydrogen-bond donors (Lipinski definition) is 2. The van der Waals surface area contributed by atoms with E-state index < -0.39 is 0 Å². The number of rotatable bonds is 15. The van der Waals surface area contributed by atoms with Crippen molar-refractivity contribution in [2.75, 3.05) is 46.1 Å². The zero-order valence-electron chi connectivity index (χ0n) is 25.8. The van der Waals surface area contributed by atoms with E-state index in [-0.39, 0.29) is 12.0 Å². The minimum atomic E-state index is -0.191. The Bertz CT molecular complexity index is 1670.